The Balaban J connectivity index is 2.77. The molecule has 3 nitrogen and oxygen atoms in total. The number of ketones is 1. The average molecular weight is 234 g/mol. The minimum absolute atomic E-state index is 0.179. The summed E-state index contributed by atoms with van der Waals surface area (Å²) in [5.41, 5.74) is 3.21. The van der Waals surface area contributed by atoms with Gasteiger partial charge in [0.05, 0.1) is 12.1 Å². The molecule has 0 aliphatic heterocycles. The van der Waals surface area contributed by atoms with Gasteiger partial charge in [0, 0.05) is 12.2 Å². The van der Waals surface area contributed by atoms with Gasteiger partial charge in [0.25, 0.3) is 0 Å². The van der Waals surface area contributed by atoms with Crippen molar-refractivity contribution in [3.05, 3.63) is 29.1 Å². The van der Waals surface area contributed by atoms with E-state index in [9.17, 15) is 4.79 Å². The average Bonchev–Trinajstić information content (AvgIpc) is 2.66. The number of carbonyl (C=O) groups is 1. The van der Waals surface area contributed by atoms with Crippen LogP contribution in [0.2, 0.25) is 0 Å². The maximum absolute atomic E-state index is 11.9. The summed E-state index contributed by atoms with van der Waals surface area (Å²) in [6.07, 6.45) is 4.16. The zero-order chi connectivity index (χ0) is 12.8. The van der Waals surface area contributed by atoms with Gasteiger partial charge in [-0.25, -0.2) is 0 Å². The molecule has 0 unspecified atom stereocenters. The molecule has 94 valence electrons. The molecule has 1 aromatic rings. The first kappa shape index (κ1) is 13.7. The minimum atomic E-state index is 0.179. The predicted molar refractivity (Wildman–Crippen MR) is 70.0 cm³/mol. The molecular formula is C14H22N2O. The Morgan fingerprint density at radius 3 is 2.53 bits per heavy atom. The second-order valence-corrected chi connectivity index (χ2v) is 4.25. The highest BCUT2D eigenvalue weighted by Gasteiger charge is 2.08. The van der Waals surface area contributed by atoms with Crippen LogP contribution in [0.3, 0.4) is 0 Å². The molecular weight excluding hydrogens is 212 g/mol. The Kier molecular flexibility index (Phi) is 5.13. The normalized spacial score (nSPS) is 10.4. The van der Waals surface area contributed by atoms with E-state index >= 15 is 0 Å². The molecule has 0 aromatic carbocycles. The van der Waals surface area contributed by atoms with Crippen LogP contribution >= 0.6 is 0 Å². The monoisotopic (exact) mass is 234 g/mol. The standard InChI is InChI=1S/C14H22N2O/c1-5-12(6-2)9-14(17)10-13-8-11(4)15-16(13)7-3/h8-9H,5-7,10H2,1-4H3. The van der Waals surface area contributed by atoms with Crippen LogP contribution in [0.15, 0.2) is 17.7 Å². The molecule has 0 fully saturated rings. The van der Waals surface area contributed by atoms with E-state index in [0.29, 0.717) is 6.42 Å². The summed E-state index contributed by atoms with van der Waals surface area (Å²) in [6.45, 7) is 8.99. The molecule has 0 saturated carbocycles. The first-order valence-corrected chi connectivity index (χ1v) is 6.36. The Bertz CT molecular complexity index is 410. The van der Waals surface area contributed by atoms with E-state index in [1.165, 1.54) is 5.57 Å². The number of aromatic nitrogens is 2. The van der Waals surface area contributed by atoms with Gasteiger partial charge in [-0.15, -0.1) is 0 Å². The van der Waals surface area contributed by atoms with Crippen LogP contribution in [-0.2, 0) is 17.8 Å². The van der Waals surface area contributed by atoms with Crippen LogP contribution in [0.4, 0.5) is 0 Å². The zero-order valence-electron chi connectivity index (χ0n) is 11.3. The molecule has 1 heterocycles. The van der Waals surface area contributed by atoms with E-state index in [1.54, 1.807) is 6.08 Å². The van der Waals surface area contributed by atoms with Gasteiger partial charge in [-0.2, -0.15) is 5.10 Å². The van der Waals surface area contributed by atoms with Gasteiger partial charge >= 0.3 is 0 Å². The third-order valence-electron chi connectivity index (χ3n) is 2.91. The molecule has 0 atom stereocenters. The highest BCUT2D eigenvalue weighted by atomic mass is 16.1. The molecule has 17 heavy (non-hydrogen) atoms. The molecule has 0 aliphatic carbocycles. The Morgan fingerprint density at radius 2 is 2.00 bits per heavy atom. The fourth-order valence-electron chi connectivity index (χ4n) is 1.93. The third kappa shape index (κ3) is 3.84. The van der Waals surface area contributed by atoms with Crippen molar-refractivity contribution in [3.63, 3.8) is 0 Å². The molecule has 1 rings (SSSR count). The largest absolute Gasteiger partial charge is 0.294 e. The van der Waals surface area contributed by atoms with Gasteiger partial charge in [-0.05, 0) is 38.8 Å². The van der Waals surface area contributed by atoms with E-state index in [0.717, 1.165) is 30.8 Å². The van der Waals surface area contributed by atoms with Crippen molar-refractivity contribution in [1.82, 2.24) is 9.78 Å². The van der Waals surface area contributed by atoms with Crippen molar-refractivity contribution in [2.24, 2.45) is 0 Å². The van der Waals surface area contributed by atoms with Gasteiger partial charge < -0.3 is 0 Å². The Labute approximate surface area is 104 Å². The van der Waals surface area contributed by atoms with Gasteiger partial charge in [-0.3, -0.25) is 9.48 Å². The van der Waals surface area contributed by atoms with Crippen molar-refractivity contribution in [3.8, 4) is 0 Å². The number of allylic oxidation sites excluding steroid dienone is 2. The maximum Gasteiger partial charge on any atom is 0.161 e. The van der Waals surface area contributed by atoms with Crippen molar-refractivity contribution in [2.45, 2.75) is 53.5 Å². The van der Waals surface area contributed by atoms with Crippen LogP contribution in [0.25, 0.3) is 0 Å². The van der Waals surface area contributed by atoms with Crippen molar-refractivity contribution >= 4 is 5.78 Å². The molecule has 0 saturated heterocycles. The highest BCUT2D eigenvalue weighted by Crippen LogP contribution is 2.09. The van der Waals surface area contributed by atoms with Gasteiger partial charge in [0.1, 0.15) is 0 Å². The van der Waals surface area contributed by atoms with Crippen molar-refractivity contribution in [2.75, 3.05) is 0 Å². The smallest absolute Gasteiger partial charge is 0.161 e. The SMILES string of the molecule is CCC(=CC(=O)Cc1cc(C)nn1CC)CC. The molecule has 0 amide bonds. The van der Waals surface area contributed by atoms with Crippen molar-refractivity contribution in [1.29, 1.82) is 0 Å². The van der Waals surface area contributed by atoms with Crippen LogP contribution in [-0.4, -0.2) is 15.6 Å². The summed E-state index contributed by atoms with van der Waals surface area (Å²) >= 11 is 0. The first-order valence-electron chi connectivity index (χ1n) is 6.36. The number of hydrogen-bond acceptors (Lipinski definition) is 2. The van der Waals surface area contributed by atoms with E-state index in [-0.39, 0.29) is 5.78 Å². The molecule has 0 N–H and O–H groups in total. The second kappa shape index (κ2) is 6.38. The fourth-order valence-corrected chi connectivity index (χ4v) is 1.93. The van der Waals surface area contributed by atoms with Crippen LogP contribution in [0.1, 0.15) is 45.0 Å². The Morgan fingerprint density at radius 1 is 1.35 bits per heavy atom. The summed E-state index contributed by atoms with van der Waals surface area (Å²) in [5, 5.41) is 4.35. The molecule has 0 aliphatic rings. The summed E-state index contributed by atoms with van der Waals surface area (Å²) in [6, 6.07) is 1.99. The zero-order valence-corrected chi connectivity index (χ0v) is 11.3. The minimum Gasteiger partial charge on any atom is -0.294 e. The summed E-state index contributed by atoms with van der Waals surface area (Å²) in [5.74, 6) is 0.179. The van der Waals surface area contributed by atoms with E-state index in [1.807, 2.05) is 24.6 Å². The second-order valence-electron chi connectivity index (χ2n) is 4.25. The molecule has 0 radical (unpaired) electrons. The number of carbonyl (C=O) groups excluding carboxylic acids is 1. The van der Waals surface area contributed by atoms with Gasteiger partial charge in [-0.1, -0.05) is 19.4 Å². The predicted octanol–water partition coefficient (Wildman–Crippen LogP) is 3.07. The van der Waals surface area contributed by atoms with Crippen LogP contribution < -0.4 is 0 Å². The lowest BCUT2D eigenvalue weighted by Crippen LogP contribution is -2.08. The van der Waals surface area contributed by atoms with Crippen molar-refractivity contribution < 1.29 is 4.79 Å². The lowest BCUT2D eigenvalue weighted by Gasteiger charge is -2.03. The lowest BCUT2D eigenvalue weighted by atomic mass is 10.1. The fraction of sp³-hybridized carbons (Fsp3) is 0.571. The molecule has 0 bridgehead atoms. The number of nitrogens with zero attached hydrogens (tertiary/aromatic N) is 2. The maximum atomic E-state index is 11.9. The number of aryl methyl sites for hydroxylation is 2. The summed E-state index contributed by atoms with van der Waals surface area (Å²) in [4.78, 5) is 11.9. The van der Waals surface area contributed by atoms with Crippen LogP contribution in [0.5, 0.6) is 0 Å². The Hall–Kier alpha value is -1.38. The summed E-state index contributed by atoms with van der Waals surface area (Å²) in [7, 11) is 0. The highest BCUT2D eigenvalue weighted by molar-refractivity contribution is 5.91. The molecule has 0 spiro atoms. The molecule has 1 aromatic heterocycles. The summed E-state index contributed by atoms with van der Waals surface area (Å²) < 4.78 is 1.90. The lowest BCUT2D eigenvalue weighted by molar-refractivity contribution is -0.114. The van der Waals surface area contributed by atoms with Gasteiger partial charge in [0.2, 0.25) is 0 Å². The first-order chi connectivity index (χ1) is 8.10. The van der Waals surface area contributed by atoms with E-state index in [4.69, 9.17) is 0 Å². The van der Waals surface area contributed by atoms with E-state index in [2.05, 4.69) is 18.9 Å². The molecule has 3 heteroatoms. The number of hydrogen-bond donors (Lipinski definition) is 0. The van der Waals surface area contributed by atoms with Gasteiger partial charge in [0.15, 0.2) is 5.78 Å². The van der Waals surface area contributed by atoms with Crippen LogP contribution in [0, 0.1) is 6.92 Å². The quantitative estimate of drug-likeness (QED) is 0.709. The number of rotatable bonds is 6. The van der Waals surface area contributed by atoms with E-state index < -0.39 is 0 Å². The third-order valence-corrected chi connectivity index (χ3v) is 2.91. The topological polar surface area (TPSA) is 34.9 Å².